The SMILES string of the molecule is C[C@@H]1C(=O)C(C#N)C[C@@]2(c3ccccc3)c3nc(-c4c(F)cccc4F)ncc3CC[C@@H]12. The number of ketones is 1. The molecule has 4 nitrogen and oxygen atoms in total. The summed E-state index contributed by atoms with van der Waals surface area (Å²) in [5.74, 6) is -2.68. The number of carbonyl (C=O) groups is 1. The van der Waals surface area contributed by atoms with Crippen LogP contribution in [-0.4, -0.2) is 15.8 Å². The molecular weight excluding hydrogens is 408 g/mol. The summed E-state index contributed by atoms with van der Waals surface area (Å²) in [6.45, 7) is 1.89. The van der Waals surface area contributed by atoms with Crippen LogP contribution in [0.5, 0.6) is 0 Å². The number of Topliss-reactive ketones (excluding diaryl/α,β-unsaturated/α-hetero) is 1. The van der Waals surface area contributed by atoms with Gasteiger partial charge in [-0.05, 0) is 48.4 Å². The third-order valence-corrected chi connectivity index (χ3v) is 7.20. The summed E-state index contributed by atoms with van der Waals surface area (Å²) in [4.78, 5) is 22.0. The summed E-state index contributed by atoms with van der Waals surface area (Å²) in [5.41, 5.74) is 1.56. The fourth-order valence-corrected chi connectivity index (χ4v) is 5.72. The molecule has 160 valence electrons. The Bertz CT molecular complexity index is 1230. The van der Waals surface area contributed by atoms with Crippen LogP contribution in [0.4, 0.5) is 8.78 Å². The number of fused-ring (bicyclic) bond motifs is 3. The number of carbonyl (C=O) groups excluding carboxylic acids is 1. The topological polar surface area (TPSA) is 66.6 Å². The van der Waals surface area contributed by atoms with E-state index in [4.69, 9.17) is 4.98 Å². The molecule has 4 atom stereocenters. The van der Waals surface area contributed by atoms with Crippen molar-refractivity contribution in [2.45, 2.75) is 31.6 Å². The van der Waals surface area contributed by atoms with E-state index < -0.39 is 23.0 Å². The summed E-state index contributed by atoms with van der Waals surface area (Å²) in [7, 11) is 0. The van der Waals surface area contributed by atoms with E-state index >= 15 is 0 Å². The summed E-state index contributed by atoms with van der Waals surface area (Å²) < 4.78 is 29.1. The van der Waals surface area contributed by atoms with Crippen molar-refractivity contribution < 1.29 is 13.6 Å². The number of nitriles is 1. The maximum Gasteiger partial charge on any atom is 0.165 e. The molecule has 2 aliphatic rings. The lowest BCUT2D eigenvalue weighted by Gasteiger charge is -2.51. The minimum atomic E-state index is -0.768. The van der Waals surface area contributed by atoms with Gasteiger partial charge in [-0.2, -0.15) is 5.26 Å². The highest BCUT2D eigenvalue weighted by Crippen LogP contribution is 2.55. The summed E-state index contributed by atoms with van der Waals surface area (Å²) in [6.07, 6.45) is 3.37. The Hall–Kier alpha value is -3.46. The smallest absolute Gasteiger partial charge is 0.165 e. The van der Waals surface area contributed by atoms with Crippen LogP contribution in [0.2, 0.25) is 0 Å². The van der Waals surface area contributed by atoms with Gasteiger partial charge < -0.3 is 0 Å². The van der Waals surface area contributed by atoms with Crippen molar-refractivity contribution in [1.82, 2.24) is 9.97 Å². The van der Waals surface area contributed by atoms with E-state index in [0.29, 0.717) is 18.5 Å². The number of nitrogens with zero attached hydrogens (tertiary/aromatic N) is 3. The van der Waals surface area contributed by atoms with Gasteiger partial charge >= 0.3 is 0 Å². The zero-order valence-electron chi connectivity index (χ0n) is 17.6. The van der Waals surface area contributed by atoms with Gasteiger partial charge in [-0.15, -0.1) is 0 Å². The van der Waals surface area contributed by atoms with Crippen LogP contribution in [-0.2, 0) is 16.6 Å². The van der Waals surface area contributed by atoms with Gasteiger partial charge in [-0.1, -0.05) is 43.3 Å². The maximum atomic E-state index is 14.5. The lowest BCUT2D eigenvalue weighted by molar-refractivity contribution is -0.131. The Kier molecular flexibility index (Phi) is 4.85. The molecule has 3 aromatic rings. The number of halogens is 2. The first kappa shape index (κ1) is 20.4. The monoisotopic (exact) mass is 429 g/mol. The number of hydrogen-bond acceptors (Lipinski definition) is 4. The second-order valence-corrected chi connectivity index (χ2v) is 8.72. The summed E-state index contributed by atoms with van der Waals surface area (Å²) >= 11 is 0. The van der Waals surface area contributed by atoms with Gasteiger partial charge in [-0.3, -0.25) is 4.79 Å². The Labute approximate surface area is 185 Å². The van der Waals surface area contributed by atoms with E-state index in [0.717, 1.165) is 17.5 Å². The Morgan fingerprint density at radius 1 is 1.09 bits per heavy atom. The molecule has 0 saturated heterocycles. The van der Waals surface area contributed by atoms with Crippen molar-refractivity contribution in [2.24, 2.45) is 17.8 Å². The molecule has 0 amide bonds. The molecule has 0 radical (unpaired) electrons. The van der Waals surface area contributed by atoms with Gasteiger partial charge in [0.1, 0.15) is 17.6 Å². The molecule has 0 spiro atoms. The van der Waals surface area contributed by atoms with E-state index in [-0.39, 0.29) is 29.0 Å². The van der Waals surface area contributed by atoms with Crippen LogP contribution < -0.4 is 0 Å². The lowest BCUT2D eigenvalue weighted by Crippen LogP contribution is -2.53. The van der Waals surface area contributed by atoms with Crippen molar-refractivity contribution in [3.63, 3.8) is 0 Å². The molecular formula is C26H21F2N3O. The van der Waals surface area contributed by atoms with Crippen molar-refractivity contribution >= 4 is 5.78 Å². The van der Waals surface area contributed by atoms with Crippen LogP contribution >= 0.6 is 0 Å². The van der Waals surface area contributed by atoms with Crippen LogP contribution in [0.25, 0.3) is 11.4 Å². The third kappa shape index (κ3) is 2.88. The van der Waals surface area contributed by atoms with Crippen LogP contribution in [0.3, 0.4) is 0 Å². The van der Waals surface area contributed by atoms with E-state index in [1.807, 2.05) is 37.3 Å². The van der Waals surface area contributed by atoms with Gasteiger partial charge in [0, 0.05) is 17.5 Å². The molecule has 1 aromatic heterocycles. The molecule has 0 bridgehead atoms. The second-order valence-electron chi connectivity index (χ2n) is 8.72. The molecule has 1 fully saturated rings. The number of benzene rings is 2. The minimum Gasteiger partial charge on any atom is -0.298 e. The minimum absolute atomic E-state index is 0.0200. The van der Waals surface area contributed by atoms with Crippen LogP contribution in [0.15, 0.2) is 54.7 Å². The maximum absolute atomic E-state index is 14.5. The highest BCUT2D eigenvalue weighted by molar-refractivity contribution is 5.87. The van der Waals surface area contributed by atoms with Gasteiger partial charge in [0.05, 0.1) is 17.3 Å². The first-order valence-electron chi connectivity index (χ1n) is 10.8. The second kappa shape index (κ2) is 7.59. The largest absolute Gasteiger partial charge is 0.298 e. The number of aryl methyl sites for hydroxylation is 1. The molecule has 1 saturated carbocycles. The molecule has 5 rings (SSSR count). The molecule has 0 aliphatic heterocycles. The van der Waals surface area contributed by atoms with E-state index in [1.165, 1.54) is 18.2 Å². The predicted molar refractivity (Wildman–Crippen MR) is 114 cm³/mol. The molecule has 6 heteroatoms. The number of aromatic nitrogens is 2. The normalized spacial score (nSPS) is 26.7. The van der Waals surface area contributed by atoms with Crippen LogP contribution in [0, 0.1) is 40.7 Å². The Morgan fingerprint density at radius 3 is 2.50 bits per heavy atom. The molecule has 2 aromatic carbocycles. The van der Waals surface area contributed by atoms with Gasteiger partial charge in [-0.25, -0.2) is 18.7 Å². The zero-order valence-corrected chi connectivity index (χ0v) is 17.6. The molecule has 0 N–H and O–H groups in total. The summed E-state index contributed by atoms with van der Waals surface area (Å²) in [5, 5.41) is 9.78. The quantitative estimate of drug-likeness (QED) is 0.574. The van der Waals surface area contributed by atoms with E-state index in [9.17, 15) is 18.8 Å². The summed E-state index contributed by atoms with van der Waals surface area (Å²) in [6, 6.07) is 15.6. The van der Waals surface area contributed by atoms with Gasteiger partial charge in [0.2, 0.25) is 0 Å². The average Bonchev–Trinajstić information content (AvgIpc) is 2.81. The van der Waals surface area contributed by atoms with Gasteiger partial charge in [0.25, 0.3) is 0 Å². The van der Waals surface area contributed by atoms with Crippen molar-refractivity contribution in [2.75, 3.05) is 0 Å². The average molecular weight is 429 g/mol. The standard InChI is InChI=1S/C26H21F2N3O/c1-15-19-11-10-16-14-30-25(22-20(27)8-5-9-21(22)28)31-24(16)26(19,12-17(13-29)23(15)32)18-6-3-2-4-7-18/h2-9,14-15,17,19H,10-12H2,1H3/t15-,17?,19-,26-/m0/s1. The fourth-order valence-electron chi connectivity index (χ4n) is 5.72. The number of hydrogen-bond donors (Lipinski definition) is 0. The van der Waals surface area contributed by atoms with E-state index in [1.54, 1.807) is 6.20 Å². The molecule has 1 unspecified atom stereocenters. The first-order valence-corrected chi connectivity index (χ1v) is 10.8. The Balaban J connectivity index is 1.79. The fraction of sp³-hybridized carbons (Fsp3) is 0.308. The van der Waals surface area contributed by atoms with Gasteiger partial charge in [0.15, 0.2) is 11.6 Å². The van der Waals surface area contributed by atoms with Crippen molar-refractivity contribution in [3.05, 3.63) is 83.2 Å². The third-order valence-electron chi connectivity index (χ3n) is 7.20. The lowest BCUT2D eigenvalue weighted by atomic mass is 9.51. The van der Waals surface area contributed by atoms with Crippen LogP contribution in [0.1, 0.15) is 36.6 Å². The highest BCUT2D eigenvalue weighted by atomic mass is 19.1. The molecule has 1 heterocycles. The van der Waals surface area contributed by atoms with Crippen molar-refractivity contribution in [1.29, 1.82) is 5.26 Å². The Morgan fingerprint density at radius 2 is 1.81 bits per heavy atom. The van der Waals surface area contributed by atoms with Crippen molar-refractivity contribution in [3.8, 4) is 17.5 Å². The first-order chi connectivity index (χ1) is 15.5. The number of rotatable bonds is 2. The highest BCUT2D eigenvalue weighted by Gasteiger charge is 2.56. The molecule has 32 heavy (non-hydrogen) atoms. The molecule has 2 aliphatic carbocycles. The predicted octanol–water partition coefficient (Wildman–Crippen LogP) is 5.02. The van der Waals surface area contributed by atoms with E-state index in [2.05, 4.69) is 11.1 Å². The zero-order chi connectivity index (χ0) is 22.5.